The van der Waals surface area contributed by atoms with Gasteiger partial charge < -0.3 is 15.2 Å². The van der Waals surface area contributed by atoms with Crippen molar-refractivity contribution < 1.29 is 4.79 Å². The molecule has 0 atom stereocenters. The molecule has 1 amide bonds. The van der Waals surface area contributed by atoms with E-state index >= 15 is 0 Å². The van der Waals surface area contributed by atoms with E-state index in [1.807, 2.05) is 0 Å². The molecule has 0 radical (unpaired) electrons. The molecule has 1 aliphatic carbocycles. The molecular formula is C49H91N3O. The van der Waals surface area contributed by atoms with E-state index in [0.717, 1.165) is 32.2 Å². The Labute approximate surface area is 331 Å². The Morgan fingerprint density at radius 1 is 0.566 bits per heavy atom. The van der Waals surface area contributed by atoms with Gasteiger partial charge in [0.2, 0.25) is 5.91 Å². The molecule has 4 heteroatoms. The number of fused-ring (bicyclic) bond motifs is 1. The fraction of sp³-hybridized carbons (Fsp3) is 0.857. The monoisotopic (exact) mass is 738 g/mol. The minimum Gasteiger partial charge on any atom is -0.364 e. The van der Waals surface area contributed by atoms with Gasteiger partial charge in [0, 0.05) is 24.9 Å². The number of aromatic nitrogens is 1. The third-order valence-corrected chi connectivity index (χ3v) is 11.9. The lowest BCUT2D eigenvalue weighted by atomic mass is 9.99. The highest BCUT2D eigenvalue weighted by Crippen LogP contribution is 2.23. The van der Waals surface area contributed by atoms with Gasteiger partial charge in [-0.1, -0.05) is 206 Å². The van der Waals surface area contributed by atoms with Gasteiger partial charge in [-0.15, -0.1) is 0 Å². The number of aromatic amines is 1. The number of allylic oxidation sites excluding steroid dienone is 1. The third kappa shape index (κ3) is 27.6. The van der Waals surface area contributed by atoms with Crippen LogP contribution < -0.4 is 5.32 Å². The van der Waals surface area contributed by atoms with Crippen molar-refractivity contribution in [2.24, 2.45) is 0 Å². The highest BCUT2D eigenvalue weighted by Gasteiger charge is 2.12. The predicted octanol–water partition coefficient (Wildman–Crippen LogP) is 14.8. The molecule has 0 bridgehead atoms. The number of unbranched alkanes of at least 4 members (excludes halogenated alkanes) is 29. The minimum atomic E-state index is 0.201. The van der Waals surface area contributed by atoms with Gasteiger partial charge in [0.1, 0.15) is 0 Å². The number of rotatable bonds is 40. The molecule has 0 fully saturated rings. The number of H-pyrrole nitrogens is 1. The van der Waals surface area contributed by atoms with Crippen molar-refractivity contribution in [3.8, 4) is 0 Å². The summed E-state index contributed by atoms with van der Waals surface area (Å²) in [4.78, 5) is 18.7. The van der Waals surface area contributed by atoms with Gasteiger partial charge in [0.05, 0.1) is 0 Å². The Kier molecular flexibility index (Phi) is 32.4. The zero-order chi connectivity index (χ0) is 37.7. The molecule has 53 heavy (non-hydrogen) atoms. The van der Waals surface area contributed by atoms with E-state index in [4.69, 9.17) is 0 Å². The Morgan fingerprint density at radius 2 is 0.962 bits per heavy atom. The summed E-state index contributed by atoms with van der Waals surface area (Å²) in [6.07, 6.45) is 55.3. The van der Waals surface area contributed by atoms with E-state index in [2.05, 4.69) is 47.4 Å². The molecule has 0 aromatic carbocycles. The van der Waals surface area contributed by atoms with Gasteiger partial charge in [-0.25, -0.2) is 0 Å². The van der Waals surface area contributed by atoms with Crippen LogP contribution >= 0.6 is 0 Å². The Balaban J connectivity index is 1.51. The van der Waals surface area contributed by atoms with Crippen LogP contribution in [0.15, 0.2) is 12.3 Å². The van der Waals surface area contributed by atoms with E-state index in [1.165, 1.54) is 236 Å². The van der Waals surface area contributed by atoms with E-state index in [1.54, 1.807) is 0 Å². The molecule has 0 saturated carbocycles. The highest BCUT2D eigenvalue weighted by molar-refractivity contribution is 5.76. The van der Waals surface area contributed by atoms with Crippen LogP contribution in [0.4, 0.5) is 0 Å². The van der Waals surface area contributed by atoms with Crippen molar-refractivity contribution in [3.63, 3.8) is 0 Å². The number of amides is 1. The lowest BCUT2D eigenvalue weighted by Crippen LogP contribution is -2.27. The van der Waals surface area contributed by atoms with Crippen LogP contribution in [0.5, 0.6) is 0 Å². The molecule has 1 aliphatic rings. The number of carbonyl (C=O) groups is 1. The number of aryl methyl sites for hydroxylation is 2. The summed E-state index contributed by atoms with van der Waals surface area (Å²) in [6, 6.07) is 0. The van der Waals surface area contributed by atoms with Gasteiger partial charge in [0.25, 0.3) is 0 Å². The van der Waals surface area contributed by atoms with Crippen LogP contribution in [-0.2, 0) is 17.6 Å². The van der Waals surface area contributed by atoms with Crippen molar-refractivity contribution in [3.05, 3.63) is 29.1 Å². The molecular weight excluding hydrogens is 647 g/mol. The van der Waals surface area contributed by atoms with E-state index in [9.17, 15) is 4.79 Å². The largest absolute Gasteiger partial charge is 0.364 e. The zero-order valence-electron chi connectivity index (χ0n) is 35.9. The van der Waals surface area contributed by atoms with E-state index in [-0.39, 0.29) is 5.91 Å². The molecule has 1 aromatic rings. The number of nitrogens with zero attached hydrogens (tertiary/aromatic N) is 1. The Bertz CT molecular complexity index is 935. The summed E-state index contributed by atoms with van der Waals surface area (Å²) in [7, 11) is 0. The first-order valence-electron chi connectivity index (χ1n) is 24.1. The average Bonchev–Trinajstić information content (AvgIpc) is 3.59. The third-order valence-electron chi connectivity index (χ3n) is 11.9. The van der Waals surface area contributed by atoms with Gasteiger partial charge in [-0.2, -0.15) is 0 Å². The predicted molar refractivity (Wildman–Crippen MR) is 235 cm³/mol. The molecule has 308 valence electrons. The molecule has 2 rings (SSSR count). The summed E-state index contributed by atoms with van der Waals surface area (Å²) in [5.74, 6) is 0.201. The van der Waals surface area contributed by atoms with Crippen molar-refractivity contribution in [1.29, 1.82) is 0 Å². The quantitative estimate of drug-likeness (QED) is 0.0659. The van der Waals surface area contributed by atoms with E-state index < -0.39 is 0 Å². The van der Waals surface area contributed by atoms with Crippen molar-refractivity contribution in [2.45, 2.75) is 245 Å². The Hall–Kier alpha value is -1.55. The summed E-state index contributed by atoms with van der Waals surface area (Å²) in [5, 5.41) is 3.19. The standard InChI is InChI=1S/C49H91N3O/c1-3-5-7-9-11-13-15-17-19-21-23-25-28-34-42-52(43-35-29-26-24-22-20-18-16-14-12-10-8-6-4-2)44-36-30-27-33-41-50-49(53)40-39-46-45-51-48-38-32-31-37-47(46)48/h31,37,45,51H,3-30,32-36,38-44H2,1-2H3,(H,50,53). The van der Waals surface area contributed by atoms with E-state index in [0.29, 0.717) is 6.42 Å². The number of hydrogen-bond acceptors (Lipinski definition) is 2. The molecule has 0 aliphatic heterocycles. The van der Waals surface area contributed by atoms with Gasteiger partial charge >= 0.3 is 0 Å². The fourth-order valence-electron chi connectivity index (χ4n) is 8.35. The lowest BCUT2D eigenvalue weighted by Gasteiger charge is -2.22. The topological polar surface area (TPSA) is 48.1 Å². The smallest absolute Gasteiger partial charge is 0.220 e. The van der Waals surface area contributed by atoms with Gasteiger partial charge in [0.15, 0.2) is 0 Å². The molecule has 1 aromatic heterocycles. The van der Waals surface area contributed by atoms with Crippen LogP contribution in [0.1, 0.15) is 249 Å². The van der Waals surface area contributed by atoms with Crippen LogP contribution in [0, 0.1) is 0 Å². The molecule has 4 nitrogen and oxygen atoms in total. The maximum Gasteiger partial charge on any atom is 0.220 e. The number of carbonyl (C=O) groups excluding carboxylic acids is 1. The minimum absolute atomic E-state index is 0.201. The van der Waals surface area contributed by atoms with Crippen molar-refractivity contribution in [1.82, 2.24) is 15.2 Å². The molecule has 0 unspecified atom stereocenters. The summed E-state index contributed by atoms with van der Waals surface area (Å²) in [6.45, 7) is 9.30. The van der Waals surface area contributed by atoms with Crippen molar-refractivity contribution >= 4 is 12.0 Å². The summed E-state index contributed by atoms with van der Waals surface area (Å²) >= 11 is 0. The normalized spacial score (nSPS) is 12.6. The molecule has 0 saturated heterocycles. The first kappa shape index (κ1) is 47.6. The second kappa shape index (κ2) is 36.1. The molecule has 1 heterocycles. The van der Waals surface area contributed by atoms with Gasteiger partial charge in [-0.05, 0) is 75.7 Å². The van der Waals surface area contributed by atoms with Crippen LogP contribution in [0.25, 0.3) is 6.08 Å². The maximum atomic E-state index is 12.5. The summed E-state index contributed by atoms with van der Waals surface area (Å²) in [5.41, 5.74) is 3.95. The first-order chi connectivity index (χ1) is 26.2. The highest BCUT2D eigenvalue weighted by atomic mass is 16.1. The average molecular weight is 738 g/mol. The molecule has 2 N–H and O–H groups in total. The fourth-order valence-corrected chi connectivity index (χ4v) is 8.35. The van der Waals surface area contributed by atoms with Crippen LogP contribution in [0.2, 0.25) is 0 Å². The number of nitrogens with one attached hydrogen (secondary N) is 2. The second-order valence-electron chi connectivity index (χ2n) is 16.9. The maximum absolute atomic E-state index is 12.5. The Morgan fingerprint density at radius 3 is 1.40 bits per heavy atom. The molecule has 0 spiro atoms. The van der Waals surface area contributed by atoms with Crippen LogP contribution in [0.3, 0.4) is 0 Å². The van der Waals surface area contributed by atoms with Crippen LogP contribution in [-0.4, -0.2) is 42.0 Å². The first-order valence-corrected chi connectivity index (χ1v) is 24.1. The van der Waals surface area contributed by atoms with Crippen molar-refractivity contribution in [2.75, 3.05) is 26.2 Å². The SMILES string of the molecule is CCCCCCCCCCCCCCCCN(CCCCCCCCCCCCCCCC)CCCCCCNC(=O)CCc1c[nH]c2c1C=CCC2. The van der Waals surface area contributed by atoms with Gasteiger partial charge in [-0.3, -0.25) is 4.79 Å². The lowest BCUT2D eigenvalue weighted by molar-refractivity contribution is -0.121. The zero-order valence-corrected chi connectivity index (χ0v) is 35.9. The summed E-state index contributed by atoms with van der Waals surface area (Å²) < 4.78 is 0. The number of hydrogen-bond donors (Lipinski definition) is 2. The second-order valence-corrected chi connectivity index (χ2v) is 16.9.